The first-order chi connectivity index (χ1) is 15.1. The Hall–Kier alpha value is -1.63. The van der Waals surface area contributed by atoms with Gasteiger partial charge >= 0.3 is 0 Å². The molecular weight excluding hydrogens is 384 g/mol. The van der Waals surface area contributed by atoms with Gasteiger partial charge in [-0.3, -0.25) is 9.89 Å². The molecule has 6 nitrogen and oxygen atoms in total. The lowest BCUT2D eigenvalue weighted by molar-refractivity contribution is 0.124. The molecule has 6 heteroatoms. The first-order valence-electron chi connectivity index (χ1n) is 12.3. The Labute approximate surface area is 190 Å². The number of hydrogen-bond donors (Lipinski definition) is 2. The molecule has 3 atom stereocenters. The highest BCUT2D eigenvalue weighted by atomic mass is 15.3. The molecule has 2 heterocycles. The molecule has 3 unspecified atom stereocenters. The van der Waals surface area contributed by atoms with Crippen molar-refractivity contribution in [1.82, 2.24) is 25.3 Å². The number of likely N-dealkylation sites (tertiary alicyclic amines) is 1. The zero-order valence-electron chi connectivity index (χ0n) is 20.2. The van der Waals surface area contributed by atoms with Crippen molar-refractivity contribution in [3.05, 3.63) is 35.9 Å². The van der Waals surface area contributed by atoms with E-state index in [0.29, 0.717) is 18.0 Å². The normalized spacial score (nSPS) is 25.4. The molecule has 2 aliphatic rings. The van der Waals surface area contributed by atoms with E-state index in [9.17, 15) is 0 Å². The highest BCUT2D eigenvalue weighted by Gasteiger charge is 2.26. The number of guanidine groups is 1. The van der Waals surface area contributed by atoms with Crippen molar-refractivity contribution >= 4 is 5.96 Å². The average Bonchev–Trinajstić information content (AvgIpc) is 2.79. The number of aliphatic imine (C=N–C) groups is 1. The summed E-state index contributed by atoms with van der Waals surface area (Å²) in [5.74, 6) is 1.56. The Bertz CT molecular complexity index is 655. The van der Waals surface area contributed by atoms with Crippen LogP contribution in [-0.4, -0.2) is 92.1 Å². The molecule has 0 bridgehead atoms. The predicted molar refractivity (Wildman–Crippen MR) is 132 cm³/mol. The standard InChI is InChI=1S/C25H44N6/c1-5-29-13-15-30(16-14-29)19-21(2)18-27-25(26-4)28-24-11-12-31(22(3)17-24)20-23-9-7-6-8-10-23/h6-10,21-22,24H,5,11-20H2,1-4H3,(H2,26,27,28). The second-order valence-corrected chi connectivity index (χ2v) is 9.46. The molecule has 174 valence electrons. The van der Waals surface area contributed by atoms with E-state index in [4.69, 9.17) is 0 Å². The molecule has 0 spiro atoms. The summed E-state index contributed by atoms with van der Waals surface area (Å²) in [6.07, 6.45) is 2.32. The van der Waals surface area contributed by atoms with Gasteiger partial charge in [-0.25, -0.2) is 0 Å². The van der Waals surface area contributed by atoms with E-state index in [1.54, 1.807) is 0 Å². The van der Waals surface area contributed by atoms with Gasteiger partial charge in [-0.2, -0.15) is 0 Å². The van der Waals surface area contributed by atoms with Gasteiger partial charge in [0.1, 0.15) is 0 Å². The molecule has 0 aliphatic carbocycles. The lowest BCUT2D eigenvalue weighted by Gasteiger charge is -2.38. The summed E-state index contributed by atoms with van der Waals surface area (Å²) in [5.41, 5.74) is 1.41. The number of piperazine rings is 1. The van der Waals surface area contributed by atoms with Gasteiger partial charge in [0, 0.05) is 71.5 Å². The van der Waals surface area contributed by atoms with E-state index in [2.05, 4.69) is 81.4 Å². The van der Waals surface area contributed by atoms with Crippen LogP contribution in [0.15, 0.2) is 35.3 Å². The Balaban J connectivity index is 1.36. The molecule has 1 aromatic carbocycles. The molecule has 1 aromatic rings. The average molecular weight is 429 g/mol. The Morgan fingerprint density at radius 2 is 1.81 bits per heavy atom. The van der Waals surface area contributed by atoms with Gasteiger partial charge in [0.15, 0.2) is 5.96 Å². The third-order valence-electron chi connectivity index (χ3n) is 6.91. The van der Waals surface area contributed by atoms with Gasteiger partial charge in [0.25, 0.3) is 0 Å². The monoisotopic (exact) mass is 428 g/mol. The number of hydrogen-bond acceptors (Lipinski definition) is 4. The van der Waals surface area contributed by atoms with Crippen molar-refractivity contribution in [3.63, 3.8) is 0 Å². The summed E-state index contributed by atoms with van der Waals surface area (Å²) in [5, 5.41) is 7.26. The number of likely N-dealkylation sites (N-methyl/N-ethyl adjacent to an activating group) is 1. The summed E-state index contributed by atoms with van der Waals surface area (Å²) in [4.78, 5) is 12.2. The first-order valence-corrected chi connectivity index (χ1v) is 12.3. The van der Waals surface area contributed by atoms with E-state index in [-0.39, 0.29) is 0 Å². The summed E-state index contributed by atoms with van der Waals surface area (Å²) in [7, 11) is 1.89. The molecule has 2 saturated heterocycles. The van der Waals surface area contributed by atoms with Crippen LogP contribution in [0.5, 0.6) is 0 Å². The van der Waals surface area contributed by atoms with Crippen LogP contribution in [0.1, 0.15) is 39.2 Å². The van der Waals surface area contributed by atoms with Crippen LogP contribution in [0.3, 0.4) is 0 Å². The van der Waals surface area contributed by atoms with Crippen molar-refractivity contribution in [1.29, 1.82) is 0 Å². The van der Waals surface area contributed by atoms with E-state index >= 15 is 0 Å². The maximum absolute atomic E-state index is 4.49. The zero-order chi connectivity index (χ0) is 22.1. The van der Waals surface area contributed by atoms with Crippen molar-refractivity contribution in [2.24, 2.45) is 10.9 Å². The fourth-order valence-electron chi connectivity index (χ4n) is 4.86. The fourth-order valence-corrected chi connectivity index (χ4v) is 4.86. The Kier molecular flexibility index (Phi) is 9.62. The summed E-state index contributed by atoms with van der Waals surface area (Å²) in [6, 6.07) is 11.9. The molecule has 2 fully saturated rings. The smallest absolute Gasteiger partial charge is 0.191 e. The first kappa shape index (κ1) is 24.0. The molecule has 31 heavy (non-hydrogen) atoms. The largest absolute Gasteiger partial charge is 0.356 e. The third kappa shape index (κ3) is 7.78. The van der Waals surface area contributed by atoms with Crippen LogP contribution in [0.2, 0.25) is 0 Å². The van der Waals surface area contributed by atoms with Crippen LogP contribution in [0.4, 0.5) is 0 Å². The molecule has 3 rings (SSSR count). The van der Waals surface area contributed by atoms with Gasteiger partial charge in [0.05, 0.1) is 0 Å². The van der Waals surface area contributed by atoms with Gasteiger partial charge in [0.2, 0.25) is 0 Å². The van der Waals surface area contributed by atoms with Crippen molar-refractivity contribution < 1.29 is 0 Å². The minimum Gasteiger partial charge on any atom is -0.356 e. The summed E-state index contributed by atoms with van der Waals surface area (Å²) >= 11 is 0. The van der Waals surface area contributed by atoms with Crippen LogP contribution in [0.25, 0.3) is 0 Å². The zero-order valence-corrected chi connectivity index (χ0v) is 20.2. The van der Waals surface area contributed by atoms with Crippen molar-refractivity contribution in [2.75, 3.05) is 59.4 Å². The Morgan fingerprint density at radius 3 is 2.45 bits per heavy atom. The fraction of sp³-hybridized carbons (Fsp3) is 0.720. The molecule has 2 aliphatic heterocycles. The van der Waals surface area contributed by atoms with Crippen LogP contribution in [-0.2, 0) is 6.54 Å². The van der Waals surface area contributed by atoms with E-state index < -0.39 is 0 Å². The SMILES string of the molecule is CCN1CCN(CC(C)CNC(=NC)NC2CCN(Cc3ccccc3)C(C)C2)CC1. The molecular formula is C25H44N6. The number of nitrogens with zero attached hydrogens (tertiary/aromatic N) is 4. The van der Waals surface area contributed by atoms with Gasteiger partial charge < -0.3 is 20.4 Å². The second kappa shape index (κ2) is 12.4. The molecule has 0 radical (unpaired) electrons. The molecule has 0 saturated carbocycles. The third-order valence-corrected chi connectivity index (χ3v) is 6.91. The van der Waals surface area contributed by atoms with Crippen LogP contribution < -0.4 is 10.6 Å². The lowest BCUT2D eigenvalue weighted by Crippen LogP contribution is -2.52. The number of nitrogens with one attached hydrogen (secondary N) is 2. The minimum absolute atomic E-state index is 0.491. The van der Waals surface area contributed by atoms with E-state index in [1.807, 2.05) is 7.05 Å². The van der Waals surface area contributed by atoms with Gasteiger partial charge in [-0.1, -0.05) is 44.2 Å². The quantitative estimate of drug-likeness (QED) is 0.492. The van der Waals surface area contributed by atoms with Crippen LogP contribution >= 0.6 is 0 Å². The maximum atomic E-state index is 4.49. The minimum atomic E-state index is 0.491. The number of piperidine rings is 1. The van der Waals surface area contributed by atoms with Crippen molar-refractivity contribution in [3.8, 4) is 0 Å². The highest BCUT2D eigenvalue weighted by Crippen LogP contribution is 2.20. The Morgan fingerprint density at radius 1 is 1.10 bits per heavy atom. The van der Waals surface area contributed by atoms with Crippen LogP contribution in [0, 0.1) is 5.92 Å². The lowest BCUT2D eigenvalue weighted by atomic mass is 9.97. The molecule has 0 amide bonds. The topological polar surface area (TPSA) is 46.1 Å². The van der Waals surface area contributed by atoms with Crippen molar-refractivity contribution in [2.45, 2.75) is 52.2 Å². The number of rotatable bonds is 8. The van der Waals surface area contributed by atoms with Gasteiger partial charge in [-0.15, -0.1) is 0 Å². The highest BCUT2D eigenvalue weighted by molar-refractivity contribution is 5.79. The maximum Gasteiger partial charge on any atom is 0.191 e. The molecule has 2 N–H and O–H groups in total. The van der Waals surface area contributed by atoms with Gasteiger partial charge in [-0.05, 0) is 37.8 Å². The predicted octanol–water partition coefficient (Wildman–Crippen LogP) is 2.48. The van der Waals surface area contributed by atoms with E-state index in [1.165, 1.54) is 38.3 Å². The molecule has 0 aromatic heterocycles. The van der Waals surface area contributed by atoms with E-state index in [0.717, 1.165) is 45.0 Å². The number of benzene rings is 1. The summed E-state index contributed by atoms with van der Waals surface area (Å²) < 4.78 is 0. The summed E-state index contributed by atoms with van der Waals surface area (Å²) in [6.45, 7) is 17.3. The second-order valence-electron chi connectivity index (χ2n) is 9.46.